The van der Waals surface area contributed by atoms with Gasteiger partial charge < -0.3 is 15.4 Å². The summed E-state index contributed by atoms with van der Waals surface area (Å²) in [6.45, 7) is 1.46. The Kier molecular flexibility index (Phi) is 9.14. The number of thioether (sulfide) groups is 1. The number of hydrogen-bond donors (Lipinski definition) is 2. The second-order valence-corrected chi connectivity index (χ2v) is 5.67. The molecule has 0 fully saturated rings. The van der Waals surface area contributed by atoms with Crippen molar-refractivity contribution in [3.05, 3.63) is 39.6 Å². The van der Waals surface area contributed by atoms with E-state index in [0.29, 0.717) is 36.3 Å². The van der Waals surface area contributed by atoms with E-state index < -0.39 is 5.91 Å². The van der Waals surface area contributed by atoms with Gasteiger partial charge in [0.2, 0.25) is 0 Å². The molecule has 8 heteroatoms. The van der Waals surface area contributed by atoms with E-state index in [2.05, 4.69) is 15.6 Å². The number of amides is 1. The number of carbonyl (C=O) groups is 1. The van der Waals surface area contributed by atoms with Crippen LogP contribution in [0.4, 0.5) is 0 Å². The largest absolute Gasteiger partial charge is 0.385 e. The molecule has 124 valence electrons. The van der Waals surface area contributed by atoms with Gasteiger partial charge >= 0.3 is 0 Å². The van der Waals surface area contributed by atoms with Crippen molar-refractivity contribution >= 4 is 29.3 Å². The molecule has 0 atom stereocenters. The number of nitrogens with zero attached hydrogens (tertiary/aromatic N) is 2. The van der Waals surface area contributed by atoms with Crippen LogP contribution in [0.2, 0.25) is 5.15 Å². The molecule has 0 saturated heterocycles. The van der Waals surface area contributed by atoms with Gasteiger partial charge in [-0.25, -0.2) is 4.98 Å². The summed E-state index contributed by atoms with van der Waals surface area (Å²) in [7, 11) is 1.60. The minimum Gasteiger partial charge on any atom is -0.385 e. The van der Waals surface area contributed by atoms with Crippen LogP contribution in [0.25, 0.3) is 0 Å². The lowest BCUT2D eigenvalue weighted by Crippen LogP contribution is -2.28. The predicted octanol–water partition coefficient (Wildman–Crippen LogP) is 2.08. The molecule has 0 aliphatic heterocycles. The zero-order valence-electron chi connectivity index (χ0n) is 13.1. The summed E-state index contributed by atoms with van der Waals surface area (Å²) in [6.07, 6.45) is 4.14. The van der Waals surface area contributed by atoms with Crippen molar-refractivity contribution in [1.29, 1.82) is 5.26 Å². The Balaban J connectivity index is 2.68. The SMILES string of the molecule is COCCCNC(=O)/C(C#N)=C(\NCc1ccc(Cl)nc1)SC. The van der Waals surface area contributed by atoms with E-state index in [4.69, 9.17) is 16.3 Å². The van der Waals surface area contributed by atoms with Crippen molar-refractivity contribution < 1.29 is 9.53 Å². The molecular formula is C15H19ClN4O2S. The van der Waals surface area contributed by atoms with E-state index in [-0.39, 0.29) is 5.57 Å². The summed E-state index contributed by atoms with van der Waals surface area (Å²) >= 11 is 7.05. The summed E-state index contributed by atoms with van der Waals surface area (Å²) in [5, 5.41) is 16.0. The van der Waals surface area contributed by atoms with Gasteiger partial charge in [-0.15, -0.1) is 11.8 Å². The van der Waals surface area contributed by atoms with Gasteiger partial charge in [0.15, 0.2) is 0 Å². The standard InChI is InChI=1S/C15H19ClN4O2S/c1-22-7-3-6-18-14(21)12(8-17)15(23-2)20-10-11-4-5-13(16)19-9-11/h4-5,9,20H,3,6-7,10H2,1-2H3,(H,18,21)/b15-12+. The molecule has 2 N–H and O–H groups in total. The minimum absolute atomic E-state index is 0.0665. The lowest BCUT2D eigenvalue weighted by atomic mass is 10.2. The van der Waals surface area contributed by atoms with Crippen LogP contribution in [0.15, 0.2) is 28.9 Å². The van der Waals surface area contributed by atoms with Gasteiger partial charge in [0.05, 0.1) is 5.03 Å². The third-order valence-electron chi connectivity index (χ3n) is 2.82. The number of rotatable bonds is 9. The molecule has 1 amide bonds. The van der Waals surface area contributed by atoms with E-state index >= 15 is 0 Å². The van der Waals surface area contributed by atoms with Gasteiger partial charge in [-0.1, -0.05) is 17.7 Å². The number of pyridine rings is 1. The molecule has 0 bridgehead atoms. The number of ether oxygens (including phenoxy) is 1. The number of methoxy groups -OCH3 is 1. The fourth-order valence-corrected chi connectivity index (χ4v) is 2.34. The Morgan fingerprint density at radius 1 is 1.48 bits per heavy atom. The summed E-state index contributed by atoms with van der Waals surface area (Å²) in [5.41, 5.74) is 0.968. The number of hydrogen-bond acceptors (Lipinski definition) is 6. The Morgan fingerprint density at radius 2 is 2.26 bits per heavy atom. The first-order valence-corrected chi connectivity index (χ1v) is 8.52. The average molecular weight is 355 g/mol. The maximum atomic E-state index is 12.1. The molecule has 0 aliphatic rings. The van der Waals surface area contributed by atoms with Gasteiger partial charge in [0.1, 0.15) is 16.8 Å². The molecule has 6 nitrogen and oxygen atoms in total. The minimum atomic E-state index is -0.394. The second-order valence-electron chi connectivity index (χ2n) is 4.47. The molecule has 0 unspecified atom stereocenters. The fourth-order valence-electron chi connectivity index (χ4n) is 1.67. The van der Waals surface area contributed by atoms with Crippen LogP contribution in [-0.4, -0.2) is 37.4 Å². The highest BCUT2D eigenvalue weighted by molar-refractivity contribution is 8.02. The third-order valence-corrected chi connectivity index (χ3v) is 3.80. The average Bonchev–Trinajstić information content (AvgIpc) is 2.56. The number of carbonyl (C=O) groups excluding carboxylic acids is 1. The molecule has 0 saturated carbocycles. The van der Waals surface area contributed by atoms with Gasteiger partial charge in [0, 0.05) is 33.0 Å². The monoisotopic (exact) mass is 354 g/mol. The molecule has 23 heavy (non-hydrogen) atoms. The quantitative estimate of drug-likeness (QED) is 0.305. The van der Waals surface area contributed by atoms with E-state index in [0.717, 1.165) is 5.56 Å². The van der Waals surface area contributed by atoms with Crippen LogP contribution in [0.3, 0.4) is 0 Å². The van der Waals surface area contributed by atoms with Crippen LogP contribution >= 0.6 is 23.4 Å². The van der Waals surface area contributed by atoms with E-state index in [1.807, 2.05) is 12.1 Å². The lowest BCUT2D eigenvalue weighted by Gasteiger charge is -2.11. The normalized spacial score (nSPS) is 11.4. The Hall–Kier alpha value is -1.75. The van der Waals surface area contributed by atoms with Gasteiger partial charge in [-0.05, 0) is 24.3 Å². The van der Waals surface area contributed by atoms with Crippen LogP contribution < -0.4 is 10.6 Å². The molecule has 1 rings (SSSR count). The summed E-state index contributed by atoms with van der Waals surface area (Å²) in [5.74, 6) is -0.394. The molecule has 1 aromatic rings. The smallest absolute Gasteiger partial charge is 0.264 e. The van der Waals surface area contributed by atoms with Crippen LogP contribution in [0.1, 0.15) is 12.0 Å². The highest BCUT2D eigenvalue weighted by atomic mass is 35.5. The molecule has 0 aliphatic carbocycles. The van der Waals surface area contributed by atoms with Crippen molar-refractivity contribution in [2.24, 2.45) is 0 Å². The van der Waals surface area contributed by atoms with Gasteiger partial charge in [-0.2, -0.15) is 5.26 Å². The Labute approximate surface area is 145 Å². The molecule has 0 radical (unpaired) electrons. The third kappa shape index (κ3) is 6.91. The number of aromatic nitrogens is 1. The first-order chi connectivity index (χ1) is 11.1. The highest BCUT2D eigenvalue weighted by Gasteiger charge is 2.14. The summed E-state index contributed by atoms with van der Waals surface area (Å²) < 4.78 is 4.91. The Morgan fingerprint density at radius 3 is 2.83 bits per heavy atom. The van der Waals surface area contributed by atoms with Crippen LogP contribution in [-0.2, 0) is 16.1 Å². The summed E-state index contributed by atoms with van der Waals surface area (Å²) in [4.78, 5) is 16.1. The zero-order chi connectivity index (χ0) is 17.1. The second kappa shape index (κ2) is 10.9. The highest BCUT2D eigenvalue weighted by Crippen LogP contribution is 2.15. The molecular weight excluding hydrogens is 336 g/mol. The number of nitriles is 1. The van der Waals surface area contributed by atoms with Crippen LogP contribution in [0.5, 0.6) is 0 Å². The van der Waals surface area contributed by atoms with E-state index in [1.54, 1.807) is 25.6 Å². The molecule has 1 aromatic heterocycles. The van der Waals surface area contributed by atoms with Crippen LogP contribution in [0, 0.1) is 11.3 Å². The number of halogens is 1. The van der Waals surface area contributed by atoms with Gasteiger partial charge in [0.25, 0.3) is 5.91 Å². The first kappa shape index (κ1) is 19.3. The topological polar surface area (TPSA) is 87.0 Å². The van der Waals surface area contributed by atoms with Crippen molar-refractivity contribution in [3.63, 3.8) is 0 Å². The maximum absolute atomic E-state index is 12.1. The van der Waals surface area contributed by atoms with Crippen molar-refractivity contribution in [3.8, 4) is 6.07 Å². The zero-order valence-corrected chi connectivity index (χ0v) is 14.6. The first-order valence-electron chi connectivity index (χ1n) is 6.92. The predicted molar refractivity (Wildman–Crippen MR) is 91.7 cm³/mol. The van der Waals surface area contributed by atoms with E-state index in [1.165, 1.54) is 11.8 Å². The van der Waals surface area contributed by atoms with Crippen molar-refractivity contribution in [2.75, 3.05) is 26.5 Å². The van der Waals surface area contributed by atoms with Crippen molar-refractivity contribution in [2.45, 2.75) is 13.0 Å². The maximum Gasteiger partial charge on any atom is 0.264 e. The van der Waals surface area contributed by atoms with Crippen molar-refractivity contribution in [1.82, 2.24) is 15.6 Å². The lowest BCUT2D eigenvalue weighted by molar-refractivity contribution is -0.117. The molecule has 0 aromatic carbocycles. The Bertz CT molecular complexity index is 584. The molecule has 1 heterocycles. The van der Waals surface area contributed by atoms with E-state index in [9.17, 15) is 10.1 Å². The fraction of sp³-hybridized carbons (Fsp3) is 0.400. The molecule has 0 spiro atoms. The van der Waals surface area contributed by atoms with Gasteiger partial charge in [-0.3, -0.25) is 4.79 Å². The summed E-state index contributed by atoms with van der Waals surface area (Å²) in [6, 6.07) is 5.48. The number of nitrogens with one attached hydrogen (secondary N) is 2.